The molecule has 4 aromatic rings. The Morgan fingerprint density at radius 3 is 2.61 bits per heavy atom. The first-order chi connectivity index (χ1) is 21.1. The quantitative estimate of drug-likeness (QED) is 0.132. The molecule has 228 valence electrons. The Balaban J connectivity index is 1.59. The number of para-hydroxylation sites is 1. The first-order valence-corrected chi connectivity index (χ1v) is 17.0. The molecular weight excluding hydrogens is 779 g/mol. The molecule has 0 amide bonds. The van der Waals surface area contributed by atoms with Gasteiger partial charge in [-0.3, -0.25) is 9.36 Å². The topological polar surface area (TPSA) is 79.1 Å². The van der Waals surface area contributed by atoms with Crippen molar-refractivity contribution in [1.82, 2.24) is 4.57 Å². The van der Waals surface area contributed by atoms with Crippen LogP contribution in [0.5, 0.6) is 11.5 Å². The third kappa shape index (κ3) is 6.83. The molecule has 0 aliphatic carbocycles. The van der Waals surface area contributed by atoms with E-state index in [4.69, 9.17) is 25.8 Å². The van der Waals surface area contributed by atoms with E-state index in [-0.39, 0.29) is 18.3 Å². The number of carbonyl (C=O) groups is 1. The second-order valence-electron chi connectivity index (χ2n) is 10.2. The number of nitrogens with zero attached hydrogens (tertiary/aromatic N) is 2. The summed E-state index contributed by atoms with van der Waals surface area (Å²) in [5, 5.41) is 0.642. The molecule has 0 fully saturated rings. The molecule has 1 atom stereocenters. The average molecular weight is 808 g/mol. The molecule has 0 saturated carbocycles. The van der Waals surface area contributed by atoms with Crippen molar-refractivity contribution in [2.45, 2.75) is 46.4 Å². The number of allylic oxidation sites excluding steroid dienone is 1. The van der Waals surface area contributed by atoms with E-state index in [0.717, 1.165) is 19.2 Å². The molecule has 2 heterocycles. The van der Waals surface area contributed by atoms with Gasteiger partial charge in [-0.05, 0) is 102 Å². The van der Waals surface area contributed by atoms with Gasteiger partial charge in [-0.25, -0.2) is 9.79 Å². The van der Waals surface area contributed by atoms with Crippen LogP contribution in [0.1, 0.15) is 50.4 Å². The van der Waals surface area contributed by atoms with Gasteiger partial charge in [-0.2, -0.15) is 0 Å². The van der Waals surface area contributed by atoms with Gasteiger partial charge in [0, 0.05) is 16.1 Å². The molecule has 0 spiro atoms. The predicted octanol–water partition coefficient (Wildman–Crippen LogP) is 7.19. The summed E-state index contributed by atoms with van der Waals surface area (Å²) in [5.41, 5.74) is 2.91. The van der Waals surface area contributed by atoms with Gasteiger partial charge >= 0.3 is 5.97 Å². The van der Waals surface area contributed by atoms with Crippen LogP contribution in [0.15, 0.2) is 86.2 Å². The number of benzene rings is 3. The maximum absolute atomic E-state index is 14.1. The Bertz CT molecular complexity index is 1930. The van der Waals surface area contributed by atoms with Crippen molar-refractivity contribution in [2.75, 3.05) is 6.61 Å². The lowest BCUT2D eigenvalue weighted by Crippen LogP contribution is -2.40. The van der Waals surface area contributed by atoms with E-state index in [1.54, 1.807) is 18.4 Å². The number of thiazole rings is 1. The first kappa shape index (κ1) is 32.5. The van der Waals surface area contributed by atoms with Crippen LogP contribution >= 0.6 is 61.5 Å². The minimum absolute atomic E-state index is 0.111. The SMILES string of the molecule is CCOC(=O)C1=C(C)N=c2s/c(=C/c3cc(Br)c(OCc4ccccc4Cl)c(I)c3)c(=O)n2[C@H]1c1ccccc1OC(C)C. The third-order valence-corrected chi connectivity index (χ3v) is 9.48. The number of halogens is 3. The van der Waals surface area contributed by atoms with Crippen LogP contribution in [0.4, 0.5) is 0 Å². The Labute approximate surface area is 286 Å². The number of ether oxygens (including phenoxy) is 3. The predicted molar refractivity (Wildman–Crippen MR) is 185 cm³/mol. The summed E-state index contributed by atoms with van der Waals surface area (Å²) in [5.74, 6) is 0.753. The third-order valence-electron chi connectivity index (χ3n) is 6.74. The lowest BCUT2D eigenvalue weighted by Gasteiger charge is -2.26. The van der Waals surface area contributed by atoms with Gasteiger partial charge < -0.3 is 14.2 Å². The summed E-state index contributed by atoms with van der Waals surface area (Å²) in [6, 6.07) is 18.1. The maximum atomic E-state index is 14.1. The zero-order chi connectivity index (χ0) is 31.5. The zero-order valence-electron chi connectivity index (χ0n) is 24.4. The number of hydrogen-bond acceptors (Lipinski definition) is 7. The molecule has 3 aromatic carbocycles. The van der Waals surface area contributed by atoms with E-state index in [2.05, 4.69) is 43.5 Å². The van der Waals surface area contributed by atoms with Crippen molar-refractivity contribution in [3.05, 3.63) is 121 Å². The molecule has 0 unspecified atom stereocenters. The Morgan fingerprint density at radius 2 is 1.91 bits per heavy atom. The molecule has 1 aliphatic rings. The molecule has 0 N–H and O–H groups in total. The number of fused-ring (bicyclic) bond motifs is 1. The number of esters is 1. The Kier molecular flexibility index (Phi) is 10.3. The van der Waals surface area contributed by atoms with Crippen LogP contribution in [0.25, 0.3) is 6.08 Å². The molecule has 0 radical (unpaired) electrons. The van der Waals surface area contributed by atoms with E-state index in [1.165, 1.54) is 11.3 Å². The van der Waals surface area contributed by atoms with E-state index >= 15 is 0 Å². The minimum Gasteiger partial charge on any atom is -0.491 e. The second kappa shape index (κ2) is 14.0. The fourth-order valence-corrected chi connectivity index (χ4v) is 7.88. The summed E-state index contributed by atoms with van der Waals surface area (Å²) in [4.78, 5) is 32.6. The van der Waals surface area contributed by atoms with Crippen LogP contribution in [0.3, 0.4) is 0 Å². The van der Waals surface area contributed by atoms with Crippen LogP contribution in [0, 0.1) is 3.57 Å². The van der Waals surface area contributed by atoms with Gasteiger partial charge in [-0.15, -0.1) is 0 Å². The van der Waals surface area contributed by atoms with Gasteiger partial charge in [0.15, 0.2) is 4.80 Å². The van der Waals surface area contributed by atoms with Crippen molar-refractivity contribution in [3.63, 3.8) is 0 Å². The van der Waals surface area contributed by atoms with Gasteiger partial charge in [0.05, 0.1) is 36.6 Å². The summed E-state index contributed by atoms with van der Waals surface area (Å²) in [7, 11) is 0. The second-order valence-corrected chi connectivity index (χ2v) is 13.6. The molecule has 11 heteroatoms. The van der Waals surface area contributed by atoms with E-state index in [0.29, 0.717) is 49.3 Å². The highest BCUT2D eigenvalue weighted by Crippen LogP contribution is 2.37. The van der Waals surface area contributed by atoms with Gasteiger partial charge in [0.1, 0.15) is 24.1 Å². The minimum atomic E-state index is -0.769. The highest BCUT2D eigenvalue weighted by molar-refractivity contribution is 14.1. The van der Waals surface area contributed by atoms with Crippen molar-refractivity contribution in [1.29, 1.82) is 0 Å². The Morgan fingerprint density at radius 1 is 1.18 bits per heavy atom. The summed E-state index contributed by atoms with van der Waals surface area (Å²) < 4.78 is 21.3. The summed E-state index contributed by atoms with van der Waals surface area (Å²) in [6.07, 6.45) is 1.71. The average Bonchev–Trinajstić information content (AvgIpc) is 3.26. The Hall–Kier alpha value is -2.93. The largest absolute Gasteiger partial charge is 0.491 e. The van der Waals surface area contributed by atoms with Gasteiger partial charge in [0.2, 0.25) is 0 Å². The molecule has 44 heavy (non-hydrogen) atoms. The first-order valence-electron chi connectivity index (χ1n) is 13.9. The number of hydrogen-bond donors (Lipinski definition) is 0. The molecule has 5 rings (SSSR count). The molecule has 0 bridgehead atoms. The fraction of sp³-hybridized carbons (Fsp3) is 0.242. The number of carbonyl (C=O) groups excluding carboxylic acids is 1. The highest BCUT2D eigenvalue weighted by Gasteiger charge is 2.35. The van der Waals surface area contributed by atoms with Crippen molar-refractivity contribution >= 4 is 73.5 Å². The van der Waals surface area contributed by atoms with E-state index in [1.807, 2.05) is 80.6 Å². The fourth-order valence-electron chi connectivity index (χ4n) is 4.87. The van der Waals surface area contributed by atoms with E-state index in [9.17, 15) is 9.59 Å². The van der Waals surface area contributed by atoms with Gasteiger partial charge in [-0.1, -0.05) is 59.3 Å². The van der Waals surface area contributed by atoms with E-state index < -0.39 is 12.0 Å². The zero-order valence-corrected chi connectivity index (χ0v) is 29.7. The number of rotatable bonds is 9. The lowest BCUT2D eigenvalue weighted by molar-refractivity contribution is -0.139. The van der Waals surface area contributed by atoms with Crippen LogP contribution < -0.4 is 24.4 Å². The molecular formula is C33H29BrClIN2O5S. The summed E-state index contributed by atoms with van der Waals surface area (Å²) >= 11 is 13.4. The molecule has 0 saturated heterocycles. The normalized spacial score (nSPS) is 14.8. The highest BCUT2D eigenvalue weighted by atomic mass is 127. The standard InChI is InChI=1S/C33H29BrClIN2O5S/c1-5-41-32(40)28-19(4)37-33-38(29(28)22-11-7-9-13-26(22)43-18(2)3)31(39)27(44-33)16-20-14-23(34)30(25(36)15-20)42-17-21-10-6-8-12-24(21)35/h6-16,18,29H,5,17H2,1-4H3/b27-16+/t29-/m0/s1. The van der Waals surface area contributed by atoms with Crippen molar-refractivity contribution in [2.24, 2.45) is 4.99 Å². The van der Waals surface area contributed by atoms with Crippen LogP contribution in [-0.2, 0) is 16.1 Å². The van der Waals surface area contributed by atoms with Crippen molar-refractivity contribution < 1.29 is 19.0 Å². The smallest absolute Gasteiger partial charge is 0.338 e. The summed E-state index contributed by atoms with van der Waals surface area (Å²) in [6.45, 7) is 7.90. The number of aromatic nitrogens is 1. The molecule has 1 aromatic heterocycles. The monoisotopic (exact) mass is 806 g/mol. The van der Waals surface area contributed by atoms with Gasteiger partial charge in [0.25, 0.3) is 5.56 Å². The maximum Gasteiger partial charge on any atom is 0.338 e. The molecule has 7 nitrogen and oxygen atoms in total. The lowest BCUT2D eigenvalue weighted by atomic mass is 9.95. The van der Waals surface area contributed by atoms with Crippen LogP contribution in [0.2, 0.25) is 5.02 Å². The van der Waals surface area contributed by atoms with Crippen molar-refractivity contribution in [3.8, 4) is 11.5 Å². The van der Waals surface area contributed by atoms with Crippen LogP contribution in [-0.4, -0.2) is 23.2 Å². The molecule has 1 aliphatic heterocycles.